The highest BCUT2D eigenvalue weighted by atomic mass is 16.5. The van der Waals surface area contributed by atoms with Gasteiger partial charge in [0.1, 0.15) is 5.76 Å². The average Bonchev–Trinajstić information content (AvgIpc) is 2.40. The third kappa shape index (κ3) is 2.87. The molecule has 0 atom stereocenters. The summed E-state index contributed by atoms with van der Waals surface area (Å²) in [6.07, 6.45) is 4.46. The van der Waals surface area contributed by atoms with E-state index in [1.165, 1.54) is 7.11 Å². The number of rotatable bonds is 3. The molecule has 3 nitrogen and oxygen atoms in total. The maximum atomic E-state index is 11.3. The average molecular weight is 232 g/mol. The van der Waals surface area contributed by atoms with Crippen molar-refractivity contribution < 1.29 is 14.3 Å². The highest BCUT2D eigenvalue weighted by Crippen LogP contribution is 2.25. The van der Waals surface area contributed by atoms with Gasteiger partial charge in [0.25, 0.3) is 0 Å². The molecule has 1 heterocycles. The monoisotopic (exact) mass is 232 g/mol. The lowest BCUT2D eigenvalue weighted by atomic mass is 10.0. The molecule has 0 aliphatic carbocycles. The summed E-state index contributed by atoms with van der Waals surface area (Å²) in [6.45, 7) is 0.748. The van der Waals surface area contributed by atoms with Crippen LogP contribution in [-0.2, 0) is 20.7 Å². The Morgan fingerprint density at radius 2 is 2.24 bits per heavy atom. The molecular formula is C14H16O3. The predicted octanol–water partition coefficient (Wildman–Crippen LogP) is 2.55. The summed E-state index contributed by atoms with van der Waals surface area (Å²) < 4.78 is 10.3. The lowest BCUT2D eigenvalue weighted by Gasteiger charge is -2.17. The molecule has 2 rings (SSSR count). The first-order valence-corrected chi connectivity index (χ1v) is 5.79. The van der Waals surface area contributed by atoms with E-state index in [2.05, 4.69) is 6.08 Å². The highest BCUT2D eigenvalue weighted by molar-refractivity contribution is 5.75. The molecule has 1 aromatic carbocycles. The number of carbonyl (C=O) groups is 1. The minimum absolute atomic E-state index is 0.228. The minimum atomic E-state index is -0.228. The predicted molar refractivity (Wildman–Crippen MR) is 65.3 cm³/mol. The van der Waals surface area contributed by atoms with Gasteiger partial charge < -0.3 is 9.47 Å². The van der Waals surface area contributed by atoms with Crippen LogP contribution in [0.25, 0.3) is 5.76 Å². The molecule has 0 radical (unpaired) electrons. The molecule has 0 amide bonds. The van der Waals surface area contributed by atoms with E-state index in [-0.39, 0.29) is 12.4 Å². The molecule has 0 N–H and O–H groups in total. The molecule has 1 aliphatic rings. The Bertz CT molecular complexity index is 435. The minimum Gasteiger partial charge on any atom is -0.493 e. The lowest BCUT2D eigenvalue weighted by Crippen LogP contribution is -2.08. The van der Waals surface area contributed by atoms with Crippen LogP contribution in [0.15, 0.2) is 30.3 Å². The van der Waals surface area contributed by atoms with Gasteiger partial charge in [-0.05, 0) is 24.5 Å². The molecular weight excluding hydrogens is 216 g/mol. The lowest BCUT2D eigenvalue weighted by molar-refractivity contribution is -0.139. The van der Waals surface area contributed by atoms with E-state index in [1.807, 2.05) is 24.3 Å². The molecule has 17 heavy (non-hydrogen) atoms. The Morgan fingerprint density at radius 1 is 1.41 bits per heavy atom. The fourth-order valence-corrected chi connectivity index (χ4v) is 1.89. The third-order valence-corrected chi connectivity index (χ3v) is 2.78. The van der Waals surface area contributed by atoms with Gasteiger partial charge in [-0.25, -0.2) is 0 Å². The van der Waals surface area contributed by atoms with E-state index in [0.717, 1.165) is 36.3 Å². The standard InChI is InChI=1S/C14H16O3/c1-16-14(15)10-11-6-2-3-7-12(11)13-8-4-5-9-17-13/h2-3,6-8H,4-5,9-10H2,1H3. The maximum absolute atomic E-state index is 11.3. The molecule has 0 saturated carbocycles. The van der Waals surface area contributed by atoms with Crippen molar-refractivity contribution in [2.24, 2.45) is 0 Å². The number of methoxy groups -OCH3 is 1. The number of ether oxygens (including phenoxy) is 2. The fourth-order valence-electron chi connectivity index (χ4n) is 1.89. The zero-order valence-electron chi connectivity index (χ0n) is 9.94. The highest BCUT2D eigenvalue weighted by Gasteiger charge is 2.13. The summed E-state index contributed by atoms with van der Waals surface area (Å²) in [7, 11) is 1.40. The van der Waals surface area contributed by atoms with Gasteiger partial charge in [-0.2, -0.15) is 0 Å². The van der Waals surface area contributed by atoms with Gasteiger partial charge in [0.05, 0.1) is 20.1 Å². The molecule has 3 heteroatoms. The van der Waals surface area contributed by atoms with E-state index in [1.54, 1.807) is 0 Å². The molecule has 1 aliphatic heterocycles. The van der Waals surface area contributed by atoms with Gasteiger partial charge in [0, 0.05) is 5.56 Å². The van der Waals surface area contributed by atoms with Crippen LogP contribution in [0.2, 0.25) is 0 Å². The Kier molecular flexibility index (Phi) is 3.81. The van der Waals surface area contributed by atoms with Crippen LogP contribution in [0.4, 0.5) is 0 Å². The first-order chi connectivity index (χ1) is 8.31. The Morgan fingerprint density at radius 3 is 2.94 bits per heavy atom. The molecule has 90 valence electrons. The van der Waals surface area contributed by atoms with Gasteiger partial charge >= 0.3 is 5.97 Å². The third-order valence-electron chi connectivity index (χ3n) is 2.78. The quantitative estimate of drug-likeness (QED) is 0.751. The Balaban J connectivity index is 2.26. The van der Waals surface area contributed by atoms with E-state index in [0.29, 0.717) is 0 Å². The van der Waals surface area contributed by atoms with Crippen molar-refractivity contribution >= 4 is 11.7 Å². The van der Waals surface area contributed by atoms with Gasteiger partial charge in [0.2, 0.25) is 0 Å². The molecule has 0 fully saturated rings. The number of hydrogen-bond donors (Lipinski definition) is 0. The van der Waals surface area contributed by atoms with E-state index in [4.69, 9.17) is 9.47 Å². The van der Waals surface area contributed by atoms with Crippen LogP contribution < -0.4 is 0 Å². The van der Waals surface area contributed by atoms with Crippen molar-refractivity contribution in [1.29, 1.82) is 0 Å². The zero-order valence-corrected chi connectivity index (χ0v) is 9.94. The first-order valence-electron chi connectivity index (χ1n) is 5.79. The smallest absolute Gasteiger partial charge is 0.310 e. The topological polar surface area (TPSA) is 35.5 Å². The van der Waals surface area contributed by atoms with E-state index >= 15 is 0 Å². The van der Waals surface area contributed by atoms with Gasteiger partial charge in [-0.3, -0.25) is 4.79 Å². The van der Waals surface area contributed by atoms with Crippen LogP contribution >= 0.6 is 0 Å². The number of benzene rings is 1. The number of carbonyl (C=O) groups excluding carboxylic acids is 1. The van der Waals surface area contributed by atoms with Crippen molar-refractivity contribution in [3.63, 3.8) is 0 Å². The summed E-state index contributed by atoms with van der Waals surface area (Å²) in [5.41, 5.74) is 1.95. The second-order valence-corrected chi connectivity index (χ2v) is 3.97. The summed E-state index contributed by atoms with van der Waals surface area (Å²) in [4.78, 5) is 11.3. The van der Waals surface area contributed by atoms with Crippen LogP contribution in [0.1, 0.15) is 24.0 Å². The van der Waals surface area contributed by atoms with E-state index < -0.39 is 0 Å². The number of esters is 1. The Labute approximate surface area is 101 Å². The van der Waals surface area contributed by atoms with Crippen LogP contribution in [0, 0.1) is 0 Å². The Hall–Kier alpha value is -1.77. The van der Waals surface area contributed by atoms with Crippen LogP contribution in [-0.4, -0.2) is 19.7 Å². The van der Waals surface area contributed by atoms with Crippen molar-refractivity contribution in [3.8, 4) is 0 Å². The normalized spacial score (nSPS) is 14.8. The van der Waals surface area contributed by atoms with Crippen molar-refractivity contribution in [2.75, 3.05) is 13.7 Å². The first kappa shape index (κ1) is 11.7. The number of allylic oxidation sites excluding steroid dienone is 1. The van der Waals surface area contributed by atoms with Gasteiger partial charge in [0.15, 0.2) is 0 Å². The summed E-state index contributed by atoms with van der Waals surface area (Å²) in [5, 5.41) is 0. The van der Waals surface area contributed by atoms with Crippen LogP contribution in [0.5, 0.6) is 0 Å². The fraction of sp³-hybridized carbons (Fsp3) is 0.357. The summed E-state index contributed by atoms with van der Waals surface area (Å²) in [5.74, 6) is 0.657. The molecule has 0 aromatic heterocycles. The largest absolute Gasteiger partial charge is 0.493 e. The molecule has 1 aromatic rings. The van der Waals surface area contributed by atoms with Gasteiger partial charge in [-0.1, -0.05) is 24.3 Å². The second kappa shape index (κ2) is 5.53. The summed E-state index contributed by atoms with van der Waals surface area (Å²) >= 11 is 0. The van der Waals surface area contributed by atoms with E-state index in [9.17, 15) is 4.79 Å². The molecule has 0 saturated heterocycles. The van der Waals surface area contributed by atoms with Crippen LogP contribution in [0.3, 0.4) is 0 Å². The van der Waals surface area contributed by atoms with Crippen molar-refractivity contribution in [3.05, 3.63) is 41.5 Å². The van der Waals surface area contributed by atoms with Crippen molar-refractivity contribution in [2.45, 2.75) is 19.3 Å². The molecule has 0 bridgehead atoms. The number of hydrogen-bond acceptors (Lipinski definition) is 3. The second-order valence-electron chi connectivity index (χ2n) is 3.97. The zero-order chi connectivity index (χ0) is 12.1. The molecule has 0 spiro atoms. The SMILES string of the molecule is COC(=O)Cc1ccccc1C1=CCCCO1. The summed E-state index contributed by atoms with van der Waals surface area (Å²) in [6, 6.07) is 7.79. The maximum Gasteiger partial charge on any atom is 0.310 e. The van der Waals surface area contributed by atoms with Crippen molar-refractivity contribution in [1.82, 2.24) is 0 Å². The molecule has 0 unspecified atom stereocenters. The van der Waals surface area contributed by atoms with Gasteiger partial charge in [-0.15, -0.1) is 0 Å².